The molecule has 1 aromatic heterocycles. The van der Waals surface area contributed by atoms with Gasteiger partial charge in [0.15, 0.2) is 0 Å². The molecular formula is C11H20N4O2. The zero-order chi connectivity index (χ0) is 12.7. The predicted molar refractivity (Wildman–Crippen MR) is 66.5 cm³/mol. The summed E-state index contributed by atoms with van der Waals surface area (Å²) in [7, 11) is 3.12. The van der Waals surface area contributed by atoms with Gasteiger partial charge in [-0.1, -0.05) is 0 Å². The Morgan fingerprint density at radius 1 is 1.29 bits per heavy atom. The minimum atomic E-state index is 0.260. The van der Waals surface area contributed by atoms with Crippen molar-refractivity contribution in [3.05, 3.63) is 6.07 Å². The zero-order valence-corrected chi connectivity index (χ0v) is 10.6. The molecule has 17 heavy (non-hydrogen) atoms. The van der Waals surface area contributed by atoms with Crippen molar-refractivity contribution in [2.45, 2.75) is 25.8 Å². The second kappa shape index (κ2) is 6.90. The summed E-state index contributed by atoms with van der Waals surface area (Å²) >= 11 is 0. The first kappa shape index (κ1) is 13.5. The quantitative estimate of drug-likeness (QED) is 0.741. The van der Waals surface area contributed by atoms with Crippen molar-refractivity contribution in [1.82, 2.24) is 9.97 Å². The lowest BCUT2D eigenvalue weighted by atomic mass is 10.2. The summed E-state index contributed by atoms with van der Waals surface area (Å²) in [4.78, 5) is 8.38. The molecule has 1 aromatic rings. The van der Waals surface area contributed by atoms with Crippen LogP contribution in [0.15, 0.2) is 6.07 Å². The smallest absolute Gasteiger partial charge is 0.229 e. The molecule has 1 heterocycles. The highest BCUT2D eigenvalue weighted by atomic mass is 16.5. The van der Waals surface area contributed by atoms with Crippen molar-refractivity contribution in [3.63, 3.8) is 0 Å². The highest BCUT2D eigenvalue weighted by Gasteiger charge is 2.08. The second-order valence-corrected chi connectivity index (χ2v) is 3.75. The molecule has 0 saturated heterocycles. The zero-order valence-electron chi connectivity index (χ0n) is 10.6. The molecule has 0 aliphatic heterocycles. The minimum Gasteiger partial charge on any atom is -0.481 e. The van der Waals surface area contributed by atoms with E-state index in [1.165, 1.54) is 0 Å². The van der Waals surface area contributed by atoms with Gasteiger partial charge >= 0.3 is 0 Å². The number of nitrogens with zero attached hydrogens (tertiary/aromatic N) is 2. The maximum absolute atomic E-state index is 5.46. The molecule has 1 unspecified atom stereocenters. The van der Waals surface area contributed by atoms with E-state index >= 15 is 0 Å². The fraction of sp³-hybridized carbons (Fsp3) is 0.636. The third-order valence-electron chi connectivity index (χ3n) is 2.31. The second-order valence-electron chi connectivity index (χ2n) is 3.75. The third-order valence-corrected chi connectivity index (χ3v) is 2.31. The maximum atomic E-state index is 5.46. The Balaban J connectivity index is 2.68. The number of ether oxygens (including phenoxy) is 2. The molecule has 0 bridgehead atoms. The molecule has 6 heteroatoms. The Bertz CT molecular complexity index is 324. The van der Waals surface area contributed by atoms with Gasteiger partial charge in [-0.05, 0) is 26.3 Å². The predicted octanol–water partition coefficient (Wildman–Crippen LogP) is 1.03. The molecule has 6 nitrogen and oxygen atoms in total. The van der Waals surface area contributed by atoms with Crippen LogP contribution in [-0.4, -0.2) is 36.8 Å². The third kappa shape index (κ3) is 4.44. The summed E-state index contributed by atoms with van der Waals surface area (Å²) < 4.78 is 10.1. The first-order chi connectivity index (χ1) is 8.19. The molecule has 0 amide bonds. The molecule has 0 aliphatic carbocycles. The summed E-state index contributed by atoms with van der Waals surface area (Å²) in [5, 5.41) is 3.19. The van der Waals surface area contributed by atoms with Crippen molar-refractivity contribution >= 4 is 5.95 Å². The highest BCUT2D eigenvalue weighted by molar-refractivity contribution is 5.34. The van der Waals surface area contributed by atoms with Crippen LogP contribution in [0.4, 0.5) is 5.95 Å². The summed E-state index contributed by atoms with van der Waals surface area (Å²) in [5.74, 6) is 1.46. The molecule has 0 spiro atoms. The van der Waals surface area contributed by atoms with Crippen molar-refractivity contribution in [1.29, 1.82) is 0 Å². The highest BCUT2D eigenvalue weighted by Crippen LogP contribution is 2.18. The Labute approximate surface area is 102 Å². The fourth-order valence-electron chi connectivity index (χ4n) is 1.39. The van der Waals surface area contributed by atoms with E-state index in [-0.39, 0.29) is 6.04 Å². The molecule has 0 saturated carbocycles. The van der Waals surface area contributed by atoms with Gasteiger partial charge in [-0.2, -0.15) is 9.97 Å². The van der Waals surface area contributed by atoms with Gasteiger partial charge in [0.25, 0.3) is 0 Å². The largest absolute Gasteiger partial charge is 0.481 e. The number of methoxy groups -OCH3 is 2. The van der Waals surface area contributed by atoms with Crippen LogP contribution in [0.1, 0.15) is 19.8 Å². The first-order valence-electron chi connectivity index (χ1n) is 5.63. The number of nitrogens with one attached hydrogen (secondary N) is 1. The molecule has 1 rings (SSSR count). The summed E-state index contributed by atoms with van der Waals surface area (Å²) in [6.45, 7) is 2.75. The van der Waals surface area contributed by atoms with Crippen molar-refractivity contribution in [2.24, 2.45) is 5.73 Å². The van der Waals surface area contributed by atoms with Gasteiger partial charge in [-0.3, -0.25) is 0 Å². The van der Waals surface area contributed by atoms with E-state index in [0.29, 0.717) is 24.3 Å². The number of nitrogens with two attached hydrogens (primary N) is 1. The standard InChI is InChI=1S/C11H20N4O2/c1-8(5-4-6-12)13-11-14-9(16-2)7-10(15-11)17-3/h7-8H,4-6,12H2,1-3H3,(H,13,14,15). The summed E-state index contributed by atoms with van der Waals surface area (Å²) in [6.07, 6.45) is 1.94. The molecule has 1 atom stereocenters. The molecule has 3 N–H and O–H groups in total. The van der Waals surface area contributed by atoms with E-state index in [1.807, 2.05) is 0 Å². The minimum absolute atomic E-state index is 0.260. The van der Waals surface area contributed by atoms with Crippen molar-refractivity contribution in [2.75, 3.05) is 26.1 Å². The molecule has 0 fully saturated rings. The number of aromatic nitrogens is 2. The number of hydrogen-bond acceptors (Lipinski definition) is 6. The number of rotatable bonds is 7. The summed E-state index contributed by atoms with van der Waals surface area (Å²) in [6, 6.07) is 1.89. The van der Waals surface area contributed by atoms with Gasteiger partial charge in [-0.25, -0.2) is 0 Å². The monoisotopic (exact) mass is 240 g/mol. The normalized spacial score (nSPS) is 12.0. The van der Waals surface area contributed by atoms with E-state index in [0.717, 1.165) is 12.8 Å². The van der Waals surface area contributed by atoms with Gasteiger partial charge in [0.05, 0.1) is 20.3 Å². The van der Waals surface area contributed by atoms with Crippen molar-refractivity contribution < 1.29 is 9.47 Å². The molecular weight excluding hydrogens is 220 g/mol. The van der Waals surface area contributed by atoms with Gasteiger partial charge in [-0.15, -0.1) is 0 Å². The van der Waals surface area contributed by atoms with Gasteiger partial charge in [0, 0.05) is 6.04 Å². The van der Waals surface area contributed by atoms with E-state index < -0.39 is 0 Å². The van der Waals surface area contributed by atoms with Crippen LogP contribution < -0.4 is 20.5 Å². The van der Waals surface area contributed by atoms with Gasteiger partial charge < -0.3 is 20.5 Å². The lowest BCUT2D eigenvalue weighted by molar-refractivity contribution is 0.372. The van der Waals surface area contributed by atoms with E-state index in [4.69, 9.17) is 15.2 Å². The van der Waals surface area contributed by atoms with Gasteiger partial charge in [0.2, 0.25) is 17.7 Å². The average Bonchev–Trinajstić information content (AvgIpc) is 2.35. The lowest BCUT2D eigenvalue weighted by Crippen LogP contribution is -2.18. The average molecular weight is 240 g/mol. The Hall–Kier alpha value is -1.56. The molecule has 0 radical (unpaired) electrons. The maximum Gasteiger partial charge on any atom is 0.229 e. The van der Waals surface area contributed by atoms with Crippen LogP contribution in [0.5, 0.6) is 11.8 Å². The van der Waals surface area contributed by atoms with Crippen LogP contribution in [0.25, 0.3) is 0 Å². The number of hydrogen-bond donors (Lipinski definition) is 2. The Morgan fingerprint density at radius 3 is 2.35 bits per heavy atom. The summed E-state index contributed by atoms with van der Waals surface area (Å²) in [5.41, 5.74) is 5.46. The first-order valence-corrected chi connectivity index (χ1v) is 5.63. The van der Waals surface area contributed by atoms with Gasteiger partial charge in [0.1, 0.15) is 0 Å². The lowest BCUT2D eigenvalue weighted by Gasteiger charge is -2.14. The van der Waals surface area contributed by atoms with E-state index in [1.54, 1.807) is 20.3 Å². The van der Waals surface area contributed by atoms with Crippen LogP contribution in [0.2, 0.25) is 0 Å². The molecule has 96 valence electrons. The van der Waals surface area contributed by atoms with Crippen molar-refractivity contribution in [3.8, 4) is 11.8 Å². The van der Waals surface area contributed by atoms with Crippen LogP contribution in [-0.2, 0) is 0 Å². The van der Waals surface area contributed by atoms with E-state index in [2.05, 4.69) is 22.2 Å². The molecule has 0 aliphatic rings. The fourth-order valence-corrected chi connectivity index (χ4v) is 1.39. The van der Waals surface area contributed by atoms with Crippen LogP contribution in [0.3, 0.4) is 0 Å². The molecule has 0 aromatic carbocycles. The van der Waals surface area contributed by atoms with E-state index in [9.17, 15) is 0 Å². The Morgan fingerprint density at radius 2 is 1.88 bits per heavy atom. The SMILES string of the molecule is COc1cc(OC)nc(NC(C)CCCN)n1. The van der Waals surface area contributed by atoms with Crippen LogP contribution in [0, 0.1) is 0 Å². The number of anilines is 1. The topological polar surface area (TPSA) is 82.3 Å². The van der Waals surface area contributed by atoms with Crippen LogP contribution >= 0.6 is 0 Å². The Kier molecular flexibility index (Phi) is 5.48.